The number of hydrogen-bond acceptors (Lipinski definition) is 9. The molecule has 1 aromatic carbocycles. The Bertz CT molecular complexity index is 674. The molecule has 0 radical (unpaired) electrons. The number of hydrogen-bond donors (Lipinski definition) is 1. The van der Waals surface area contributed by atoms with Crippen LogP contribution in [-0.2, 0) is 19.0 Å². The van der Waals surface area contributed by atoms with E-state index in [2.05, 4.69) is 13.7 Å². The van der Waals surface area contributed by atoms with Crippen LogP contribution in [0.1, 0.15) is 18.5 Å². The maximum atomic E-state index is 11.2. The maximum absolute atomic E-state index is 11.2. The van der Waals surface area contributed by atoms with Crippen molar-refractivity contribution < 1.29 is 26.5 Å². The van der Waals surface area contributed by atoms with Crippen molar-refractivity contribution in [3.05, 3.63) is 23.8 Å². The van der Waals surface area contributed by atoms with Crippen LogP contribution >= 0.6 is 0 Å². The molecule has 1 aromatic rings. The molecule has 1 unspecified atom stereocenters. The van der Waals surface area contributed by atoms with Crippen molar-refractivity contribution in [2.45, 2.75) is 13.0 Å². The highest BCUT2D eigenvalue weighted by atomic mass is 32.3. The molecule has 0 fully saturated rings. The van der Waals surface area contributed by atoms with E-state index >= 15 is 0 Å². The van der Waals surface area contributed by atoms with E-state index in [1.54, 1.807) is 25.1 Å². The first-order valence-electron chi connectivity index (χ1n) is 5.62. The second kappa shape index (κ2) is 4.42. The summed E-state index contributed by atoms with van der Waals surface area (Å²) >= 11 is 0. The lowest BCUT2D eigenvalue weighted by atomic mass is 10.1. The van der Waals surface area contributed by atoms with Gasteiger partial charge in [0.25, 0.3) is 5.96 Å². The standard InChI is InChI=1S/C10H11N3O6S/c1-6(13-10(11)12-18-20(14,15)19-13)7-2-3-8-9(4-7)17-5-16-8/h2-4,6H,5H2,1H3,(H2,11,12). The number of nitrogens with zero attached hydrogens (tertiary/aromatic N) is 2. The van der Waals surface area contributed by atoms with Gasteiger partial charge < -0.3 is 15.2 Å². The first kappa shape index (κ1) is 12.8. The third kappa shape index (κ3) is 2.18. The predicted molar refractivity (Wildman–Crippen MR) is 65.5 cm³/mol. The van der Waals surface area contributed by atoms with Gasteiger partial charge in [-0.3, -0.25) is 0 Å². The van der Waals surface area contributed by atoms with E-state index in [0.29, 0.717) is 17.1 Å². The van der Waals surface area contributed by atoms with Gasteiger partial charge in [0, 0.05) is 0 Å². The van der Waals surface area contributed by atoms with Crippen LogP contribution in [0.5, 0.6) is 11.5 Å². The smallest absolute Gasteiger partial charge is 0.454 e. The van der Waals surface area contributed by atoms with Crippen molar-refractivity contribution in [1.82, 2.24) is 5.06 Å². The van der Waals surface area contributed by atoms with Crippen molar-refractivity contribution in [3.8, 4) is 11.5 Å². The zero-order chi connectivity index (χ0) is 14.3. The summed E-state index contributed by atoms with van der Waals surface area (Å²) in [7, 11) is -4.23. The van der Waals surface area contributed by atoms with Crippen molar-refractivity contribution in [2.75, 3.05) is 6.79 Å². The van der Waals surface area contributed by atoms with E-state index in [1.165, 1.54) is 0 Å². The van der Waals surface area contributed by atoms with Crippen LogP contribution in [0.2, 0.25) is 0 Å². The van der Waals surface area contributed by atoms with Crippen LogP contribution in [0.15, 0.2) is 23.4 Å². The van der Waals surface area contributed by atoms with Gasteiger partial charge in [0.1, 0.15) is 0 Å². The second-order valence-corrected chi connectivity index (χ2v) is 5.24. The fraction of sp³-hybridized carbons (Fsp3) is 0.300. The first-order valence-corrected chi connectivity index (χ1v) is 6.95. The van der Waals surface area contributed by atoms with Gasteiger partial charge in [-0.05, 0) is 29.8 Å². The zero-order valence-corrected chi connectivity index (χ0v) is 11.2. The molecule has 0 spiro atoms. The Morgan fingerprint density at radius 1 is 1.35 bits per heavy atom. The van der Waals surface area contributed by atoms with E-state index in [0.717, 1.165) is 5.06 Å². The fourth-order valence-electron chi connectivity index (χ4n) is 1.85. The van der Waals surface area contributed by atoms with Gasteiger partial charge in [0.15, 0.2) is 11.5 Å². The predicted octanol–water partition coefficient (Wildman–Crippen LogP) is 0.215. The summed E-state index contributed by atoms with van der Waals surface area (Å²) in [6.45, 7) is 1.85. The third-order valence-electron chi connectivity index (χ3n) is 2.85. The highest BCUT2D eigenvalue weighted by molar-refractivity contribution is 7.81. The molecular formula is C10H11N3O6S. The number of guanidine groups is 1. The highest BCUT2D eigenvalue weighted by Gasteiger charge is 2.32. The Hall–Kier alpha value is -2.20. The van der Waals surface area contributed by atoms with Gasteiger partial charge >= 0.3 is 10.4 Å². The number of nitrogens with two attached hydrogens (primary N) is 1. The molecule has 0 saturated heterocycles. The van der Waals surface area contributed by atoms with Gasteiger partial charge in [-0.15, -0.1) is 4.28 Å². The number of rotatable bonds is 2. The van der Waals surface area contributed by atoms with Gasteiger partial charge in [0.05, 0.1) is 6.04 Å². The molecule has 0 aromatic heterocycles. The van der Waals surface area contributed by atoms with Crippen molar-refractivity contribution in [1.29, 1.82) is 0 Å². The molecular weight excluding hydrogens is 290 g/mol. The molecule has 2 aliphatic heterocycles. The van der Waals surface area contributed by atoms with Crippen molar-refractivity contribution in [2.24, 2.45) is 10.9 Å². The van der Waals surface area contributed by atoms with Crippen molar-refractivity contribution >= 4 is 16.4 Å². The van der Waals surface area contributed by atoms with Crippen LogP contribution in [0.4, 0.5) is 0 Å². The maximum Gasteiger partial charge on any atom is 0.491 e. The SMILES string of the molecule is CC(c1ccc2c(c1)OCO2)N1OS(=O)(=O)ON=C1N. The van der Waals surface area contributed by atoms with Crippen LogP contribution in [0.3, 0.4) is 0 Å². The average molecular weight is 301 g/mol. The van der Waals surface area contributed by atoms with E-state index in [9.17, 15) is 8.42 Å². The van der Waals surface area contributed by atoms with Gasteiger partial charge in [-0.2, -0.15) is 13.5 Å². The summed E-state index contributed by atoms with van der Waals surface area (Å²) in [5, 5.41) is 4.18. The quantitative estimate of drug-likeness (QED) is 0.825. The summed E-state index contributed by atoms with van der Waals surface area (Å²) in [6, 6.07) is 4.66. The number of ether oxygens (including phenoxy) is 2. The third-order valence-corrected chi connectivity index (χ3v) is 3.45. The molecule has 3 rings (SSSR count). The molecule has 0 amide bonds. The van der Waals surface area contributed by atoms with Crippen LogP contribution in [0, 0.1) is 0 Å². The number of hydroxylamine groups is 2. The highest BCUT2D eigenvalue weighted by Crippen LogP contribution is 2.35. The zero-order valence-electron chi connectivity index (χ0n) is 10.3. The Morgan fingerprint density at radius 2 is 2.10 bits per heavy atom. The van der Waals surface area contributed by atoms with Crippen LogP contribution in [-0.4, -0.2) is 26.2 Å². The molecule has 20 heavy (non-hydrogen) atoms. The Labute approximate surface area is 114 Å². The number of fused-ring (bicyclic) bond motifs is 1. The summed E-state index contributed by atoms with van der Waals surface area (Å²) in [6.07, 6.45) is 0. The van der Waals surface area contributed by atoms with Gasteiger partial charge in [-0.25, -0.2) is 4.28 Å². The summed E-state index contributed by atoms with van der Waals surface area (Å²) in [5.41, 5.74) is 6.27. The molecule has 0 aliphatic carbocycles. The Kier molecular flexibility index (Phi) is 2.83. The molecule has 108 valence electrons. The van der Waals surface area contributed by atoms with Crippen LogP contribution < -0.4 is 15.2 Å². The molecule has 0 bridgehead atoms. The minimum Gasteiger partial charge on any atom is -0.454 e. The topological polar surface area (TPSA) is 113 Å². The largest absolute Gasteiger partial charge is 0.491 e. The molecule has 2 aliphatic rings. The monoisotopic (exact) mass is 301 g/mol. The lowest BCUT2D eigenvalue weighted by Gasteiger charge is -2.29. The van der Waals surface area contributed by atoms with Gasteiger partial charge in [0.2, 0.25) is 6.79 Å². The molecule has 9 nitrogen and oxygen atoms in total. The first-order chi connectivity index (χ1) is 9.46. The fourth-order valence-corrected chi connectivity index (χ4v) is 2.44. The van der Waals surface area contributed by atoms with E-state index < -0.39 is 16.4 Å². The average Bonchev–Trinajstić information content (AvgIpc) is 2.88. The minimum atomic E-state index is -4.23. The van der Waals surface area contributed by atoms with E-state index in [1.807, 2.05) is 0 Å². The lowest BCUT2D eigenvalue weighted by molar-refractivity contribution is -0.0440. The molecule has 2 heterocycles. The van der Waals surface area contributed by atoms with Crippen LogP contribution in [0.25, 0.3) is 0 Å². The molecule has 10 heteroatoms. The Morgan fingerprint density at radius 3 is 2.90 bits per heavy atom. The Balaban J connectivity index is 1.90. The molecule has 0 saturated carbocycles. The summed E-state index contributed by atoms with van der Waals surface area (Å²) in [5.74, 6) is 0.990. The van der Waals surface area contributed by atoms with Crippen molar-refractivity contribution in [3.63, 3.8) is 0 Å². The number of benzene rings is 1. The van der Waals surface area contributed by atoms with Gasteiger partial charge in [-0.1, -0.05) is 6.07 Å². The minimum absolute atomic E-state index is 0.152. The lowest BCUT2D eigenvalue weighted by Crippen LogP contribution is -2.44. The molecule has 1 atom stereocenters. The second-order valence-electron chi connectivity index (χ2n) is 4.12. The molecule has 2 N–H and O–H groups in total. The summed E-state index contributed by atoms with van der Waals surface area (Å²) < 4.78 is 41.7. The normalized spacial score (nSPS) is 21.1. The van der Waals surface area contributed by atoms with E-state index in [-0.39, 0.29) is 12.8 Å². The number of oxime groups is 1. The summed E-state index contributed by atoms with van der Waals surface area (Å²) in [4.78, 5) is 0. The van der Waals surface area contributed by atoms with E-state index in [4.69, 9.17) is 15.2 Å².